The quantitative estimate of drug-likeness (QED) is 0.818. The van der Waals surface area contributed by atoms with Crippen molar-refractivity contribution in [1.29, 1.82) is 0 Å². The molecular weight excluding hydrogens is 214 g/mol. The molecule has 0 radical (unpaired) electrons. The number of rotatable bonds is 6. The molecule has 1 aromatic rings. The Morgan fingerprint density at radius 1 is 1.35 bits per heavy atom. The van der Waals surface area contributed by atoms with Crippen molar-refractivity contribution in [3.05, 3.63) is 34.9 Å². The first-order valence-electron chi connectivity index (χ1n) is 5.94. The van der Waals surface area contributed by atoms with Crippen molar-refractivity contribution >= 4 is 0 Å². The van der Waals surface area contributed by atoms with Gasteiger partial charge in [0.1, 0.15) is 0 Å². The minimum atomic E-state index is -0.421. The van der Waals surface area contributed by atoms with Crippen LogP contribution in [0.2, 0.25) is 0 Å². The summed E-state index contributed by atoms with van der Waals surface area (Å²) in [4.78, 5) is 2.12. The molecule has 0 amide bonds. The van der Waals surface area contributed by atoms with Crippen molar-refractivity contribution in [1.82, 2.24) is 4.90 Å². The van der Waals surface area contributed by atoms with E-state index in [9.17, 15) is 5.11 Å². The summed E-state index contributed by atoms with van der Waals surface area (Å²) in [5.74, 6) is 0. The van der Waals surface area contributed by atoms with Crippen LogP contribution < -0.4 is 0 Å². The number of hydrogen-bond donors (Lipinski definition) is 1. The van der Waals surface area contributed by atoms with E-state index in [4.69, 9.17) is 4.74 Å². The van der Waals surface area contributed by atoms with Gasteiger partial charge in [-0.05, 0) is 32.0 Å². The van der Waals surface area contributed by atoms with E-state index < -0.39 is 6.10 Å². The molecule has 96 valence electrons. The normalized spacial score (nSPS) is 13.1. The molecule has 0 saturated carbocycles. The lowest BCUT2D eigenvalue weighted by Crippen LogP contribution is -2.31. The Hall–Kier alpha value is -0.900. The number of methoxy groups -OCH3 is 1. The Morgan fingerprint density at radius 2 is 2.06 bits per heavy atom. The van der Waals surface area contributed by atoms with E-state index in [0.29, 0.717) is 13.2 Å². The van der Waals surface area contributed by atoms with Crippen LogP contribution in [0.4, 0.5) is 0 Å². The first kappa shape index (κ1) is 14.2. The van der Waals surface area contributed by atoms with Gasteiger partial charge in [-0.3, -0.25) is 4.90 Å². The summed E-state index contributed by atoms with van der Waals surface area (Å²) in [5, 5.41) is 9.65. The standard InChI is InChI=1S/C14H23NO2/c1-11-5-6-12(2)13(7-11)8-15(3)9-14(16)10-17-4/h5-7,14,16H,8-10H2,1-4H3. The first-order chi connectivity index (χ1) is 8.02. The summed E-state index contributed by atoms with van der Waals surface area (Å²) in [5.41, 5.74) is 3.89. The van der Waals surface area contributed by atoms with E-state index >= 15 is 0 Å². The molecule has 3 nitrogen and oxygen atoms in total. The minimum Gasteiger partial charge on any atom is -0.389 e. The number of likely N-dealkylation sites (N-methyl/N-ethyl adjacent to an activating group) is 1. The van der Waals surface area contributed by atoms with Crippen molar-refractivity contribution in [3.63, 3.8) is 0 Å². The largest absolute Gasteiger partial charge is 0.389 e. The van der Waals surface area contributed by atoms with E-state index in [2.05, 4.69) is 36.9 Å². The van der Waals surface area contributed by atoms with Gasteiger partial charge >= 0.3 is 0 Å². The third-order valence-electron chi connectivity index (χ3n) is 2.83. The number of hydrogen-bond acceptors (Lipinski definition) is 3. The summed E-state index contributed by atoms with van der Waals surface area (Å²) >= 11 is 0. The van der Waals surface area contributed by atoms with Crippen LogP contribution in [0.5, 0.6) is 0 Å². The second-order valence-electron chi connectivity index (χ2n) is 4.74. The van der Waals surface area contributed by atoms with Crippen LogP contribution in [0.1, 0.15) is 16.7 Å². The highest BCUT2D eigenvalue weighted by atomic mass is 16.5. The average Bonchev–Trinajstić information content (AvgIpc) is 2.23. The molecule has 1 aromatic carbocycles. The van der Waals surface area contributed by atoms with Gasteiger partial charge in [0.15, 0.2) is 0 Å². The Balaban J connectivity index is 2.55. The van der Waals surface area contributed by atoms with E-state index in [1.54, 1.807) is 7.11 Å². The lowest BCUT2D eigenvalue weighted by molar-refractivity contribution is 0.0418. The highest BCUT2D eigenvalue weighted by Gasteiger charge is 2.09. The summed E-state index contributed by atoms with van der Waals surface area (Å²) in [7, 11) is 3.62. The van der Waals surface area contributed by atoms with Gasteiger partial charge in [-0.2, -0.15) is 0 Å². The molecule has 0 aromatic heterocycles. The van der Waals surface area contributed by atoms with Gasteiger partial charge in [0.2, 0.25) is 0 Å². The third-order valence-corrected chi connectivity index (χ3v) is 2.83. The molecule has 0 spiro atoms. The molecule has 0 aliphatic rings. The van der Waals surface area contributed by atoms with Crippen LogP contribution in [-0.2, 0) is 11.3 Å². The molecule has 1 rings (SSSR count). The van der Waals surface area contributed by atoms with Crippen molar-refractivity contribution < 1.29 is 9.84 Å². The summed E-state index contributed by atoms with van der Waals surface area (Å²) in [6, 6.07) is 6.47. The monoisotopic (exact) mass is 237 g/mol. The molecule has 0 aliphatic carbocycles. The molecule has 0 heterocycles. The second kappa shape index (κ2) is 6.74. The van der Waals surface area contributed by atoms with Gasteiger partial charge in [-0.15, -0.1) is 0 Å². The Labute approximate surface area is 104 Å². The van der Waals surface area contributed by atoms with E-state index in [-0.39, 0.29) is 0 Å². The molecule has 0 saturated heterocycles. The molecule has 1 N–H and O–H groups in total. The van der Waals surface area contributed by atoms with Crippen LogP contribution in [0.3, 0.4) is 0 Å². The molecule has 17 heavy (non-hydrogen) atoms. The minimum absolute atomic E-state index is 0.386. The Kier molecular flexibility index (Phi) is 5.62. The van der Waals surface area contributed by atoms with Gasteiger partial charge in [-0.25, -0.2) is 0 Å². The average molecular weight is 237 g/mol. The van der Waals surface area contributed by atoms with Gasteiger partial charge in [0, 0.05) is 20.2 Å². The Bertz CT molecular complexity index is 352. The number of nitrogens with zero attached hydrogens (tertiary/aromatic N) is 1. The number of benzene rings is 1. The second-order valence-corrected chi connectivity index (χ2v) is 4.74. The van der Waals surface area contributed by atoms with Crippen molar-refractivity contribution in [3.8, 4) is 0 Å². The van der Waals surface area contributed by atoms with Crippen LogP contribution in [-0.4, -0.2) is 43.4 Å². The maximum Gasteiger partial charge on any atom is 0.0900 e. The molecule has 1 atom stereocenters. The van der Waals surface area contributed by atoms with E-state index in [0.717, 1.165) is 6.54 Å². The predicted molar refractivity (Wildman–Crippen MR) is 70.1 cm³/mol. The third kappa shape index (κ3) is 4.86. The fourth-order valence-electron chi connectivity index (χ4n) is 1.93. The van der Waals surface area contributed by atoms with Crippen LogP contribution >= 0.6 is 0 Å². The molecular formula is C14H23NO2. The zero-order valence-corrected chi connectivity index (χ0v) is 11.2. The van der Waals surface area contributed by atoms with Crippen molar-refractivity contribution in [2.45, 2.75) is 26.5 Å². The number of aryl methyl sites for hydroxylation is 2. The smallest absolute Gasteiger partial charge is 0.0900 e. The zero-order chi connectivity index (χ0) is 12.8. The van der Waals surface area contributed by atoms with Gasteiger partial charge < -0.3 is 9.84 Å². The van der Waals surface area contributed by atoms with E-state index in [1.165, 1.54) is 16.7 Å². The van der Waals surface area contributed by atoms with Crippen LogP contribution in [0, 0.1) is 13.8 Å². The van der Waals surface area contributed by atoms with E-state index in [1.807, 2.05) is 7.05 Å². The summed E-state index contributed by atoms with van der Waals surface area (Å²) < 4.78 is 4.92. The molecule has 0 bridgehead atoms. The van der Waals surface area contributed by atoms with Crippen molar-refractivity contribution in [2.24, 2.45) is 0 Å². The fraction of sp³-hybridized carbons (Fsp3) is 0.571. The molecule has 0 aliphatic heterocycles. The summed E-state index contributed by atoms with van der Waals surface area (Å²) in [6.45, 7) is 6.09. The SMILES string of the molecule is COCC(O)CN(C)Cc1cc(C)ccc1C. The van der Waals surface area contributed by atoms with Crippen molar-refractivity contribution in [2.75, 3.05) is 27.3 Å². The number of aliphatic hydroxyl groups is 1. The maximum absolute atomic E-state index is 9.65. The lowest BCUT2D eigenvalue weighted by Gasteiger charge is -2.21. The first-order valence-corrected chi connectivity index (χ1v) is 5.94. The lowest BCUT2D eigenvalue weighted by atomic mass is 10.1. The highest BCUT2D eigenvalue weighted by molar-refractivity contribution is 5.30. The van der Waals surface area contributed by atoms with Crippen LogP contribution in [0.15, 0.2) is 18.2 Å². The maximum atomic E-state index is 9.65. The number of ether oxygens (including phenoxy) is 1. The summed E-state index contributed by atoms with van der Waals surface area (Å²) in [6.07, 6.45) is -0.421. The van der Waals surface area contributed by atoms with Crippen LogP contribution in [0.25, 0.3) is 0 Å². The predicted octanol–water partition coefficient (Wildman–Crippen LogP) is 1.74. The topological polar surface area (TPSA) is 32.7 Å². The van der Waals surface area contributed by atoms with Gasteiger partial charge in [0.05, 0.1) is 12.7 Å². The number of aliphatic hydroxyl groups excluding tert-OH is 1. The fourth-order valence-corrected chi connectivity index (χ4v) is 1.93. The molecule has 3 heteroatoms. The van der Waals surface area contributed by atoms with Gasteiger partial charge in [0.25, 0.3) is 0 Å². The highest BCUT2D eigenvalue weighted by Crippen LogP contribution is 2.12. The molecule has 0 fully saturated rings. The zero-order valence-electron chi connectivity index (χ0n) is 11.2. The van der Waals surface area contributed by atoms with Gasteiger partial charge in [-0.1, -0.05) is 23.8 Å². The Morgan fingerprint density at radius 3 is 2.71 bits per heavy atom. The molecule has 1 unspecified atom stereocenters.